The zero-order valence-electron chi connectivity index (χ0n) is 10.0. The first-order valence-corrected chi connectivity index (χ1v) is 5.41. The number of rotatable bonds is 4. The SMILES string of the molecule is Cc1nc(C(=O)NCc2ccc(C(=O)O)nc2)n[nH]1. The van der Waals surface area contributed by atoms with E-state index in [1.807, 2.05) is 0 Å². The number of hydrogen-bond acceptors (Lipinski definition) is 5. The second kappa shape index (κ2) is 5.25. The summed E-state index contributed by atoms with van der Waals surface area (Å²) >= 11 is 0. The molecule has 0 aliphatic carbocycles. The lowest BCUT2D eigenvalue weighted by Crippen LogP contribution is -2.24. The molecule has 2 aromatic heterocycles. The summed E-state index contributed by atoms with van der Waals surface area (Å²) < 4.78 is 0. The maximum atomic E-state index is 11.6. The lowest BCUT2D eigenvalue weighted by atomic mass is 10.2. The molecule has 0 aromatic carbocycles. The number of amides is 1. The molecular formula is C11H11N5O3. The van der Waals surface area contributed by atoms with Gasteiger partial charge in [-0.3, -0.25) is 9.89 Å². The maximum Gasteiger partial charge on any atom is 0.354 e. The van der Waals surface area contributed by atoms with E-state index >= 15 is 0 Å². The summed E-state index contributed by atoms with van der Waals surface area (Å²) in [6.45, 7) is 1.91. The highest BCUT2D eigenvalue weighted by molar-refractivity contribution is 5.90. The zero-order valence-corrected chi connectivity index (χ0v) is 10.0. The Balaban J connectivity index is 1.95. The first-order chi connectivity index (χ1) is 9.06. The quantitative estimate of drug-likeness (QED) is 0.719. The van der Waals surface area contributed by atoms with Gasteiger partial charge in [0, 0.05) is 12.7 Å². The smallest absolute Gasteiger partial charge is 0.354 e. The molecule has 0 radical (unpaired) electrons. The van der Waals surface area contributed by atoms with Crippen LogP contribution in [0.15, 0.2) is 18.3 Å². The summed E-state index contributed by atoms with van der Waals surface area (Å²) in [5.74, 6) is -0.885. The zero-order chi connectivity index (χ0) is 13.8. The van der Waals surface area contributed by atoms with E-state index in [0.717, 1.165) is 0 Å². The van der Waals surface area contributed by atoms with Crippen molar-refractivity contribution < 1.29 is 14.7 Å². The molecule has 2 heterocycles. The van der Waals surface area contributed by atoms with Gasteiger partial charge in [0.05, 0.1) is 0 Å². The Morgan fingerprint density at radius 1 is 1.42 bits per heavy atom. The van der Waals surface area contributed by atoms with Gasteiger partial charge in [0.15, 0.2) is 0 Å². The molecule has 0 bridgehead atoms. The number of H-pyrrole nitrogens is 1. The van der Waals surface area contributed by atoms with Crippen molar-refractivity contribution in [1.82, 2.24) is 25.5 Å². The van der Waals surface area contributed by atoms with Crippen molar-refractivity contribution >= 4 is 11.9 Å². The average molecular weight is 261 g/mol. The van der Waals surface area contributed by atoms with E-state index in [9.17, 15) is 9.59 Å². The van der Waals surface area contributed by atoms with Gasteiger partial charge < -0.3 is 10.4 Å². The number of carbonyl (C=O) groups is 2. The normalized spacial score (nSPS) is 10.2. The van der Waals surface area contributed by atoms with Crippen LogP contribution in [0.2, 0.25) is 0 Å². The molecule has 3 N–H and O–H groups in total. The molecule has 0 fully saturated rings. The Morgan fingerprint density at radius 2 is 2.21 bits per heavy atom. The first kappa shape index (κ1) is 12.7. The summed E-state index contributed by atoms with van der Waals surface area (Å²) in [6, 6.07) is 2.96. The third-order valence-electron chi connectivity index (χ3n) is 2.30. The molecule has 0 saturated carbocycles. The van der Waals surface area contributed by atoms with Crippen molar-refractivity contribution in [2.45, 2.75) is 13.5 Å². The van der Waals surface area contributed by atoms with Crippen molar-refractivity contribution in [2.24, 2.45) is 0 Å². The Labute approximate surface area is 107 Å². The molecule has 19 heavy (non-hydrogen) atoms. The van der Waals surface area contributed by atoms with E-state index in [2.05, 4.69) is 25.5 Å². The van der Waals surface area contributed by atoms with Crippen LogP contribution in [-0.4, -0.2) is 37.1 Å². The van der Waals surface area contributed by atoms with Gasteiger partial charge in [-0.2, -0.15) is 0 Å². The largest absolute Gasteiger partial charge is 0.477 e. The number of hydrogen-bond donors (Lipinski definition) is 3. The Kier molecular flexibility index (Phi) is 3.51. The predicted octanol–water partition coefficient (Wildman–Crippen LogP) is 0.136. The monoisotopic (exact) mass is 261 g/mol. The average Bonchev–Trinajstić information content (AvgIpc) is 2.83. The van der Waals surface area contributed by atoms with Crippen molar-refractivity contribution in [2.75, 3.05) is 0 Å². The Morgan fingerprint density at radius 3 is 2.74 bits per heavy atom. The molecule has 1 amide bonds. The van der Waals surface area contributed by atoms with Gasteiger partial charge in [0.25, 0.3) is 5.91 Å². The number of nitrogens with zero attached hydrogens (tertiary/aromatic N) is 3. The van der Waals surface area contributed by atoms with Crippen molar-refractivity contribution in [3.8, 4) is 0 Å². The molecule has 8 nitrogen and oxygen atoms in total. The second-order valence-electron chi connectivity index (χ2n) is 3.78. The van der Waals surface area contributed by atoms with E-state index in [0.29, 0.717) is 11.4 Å². The summed E-state index contributed by atoms with van der Waals surface area (Å²) in [5.41, 5.74) is 0.644. The van der Waals surface area contributed by atoms with Gasteiger partial charge in [0.2, 0.25) is 5.82 Å². The predicted molar refractivity (Wildman–Crippen MR) is 63.5 cm³/mol. The standard InChI is InChI=1S/C11H11N5O3/c1-6-14-9(16-15-6)10(17)13-5-7-2-3-8(11(18)19)12-4-7/h2-4H,5H2,1H3,(H,13,17)(H,18,19)(H,14,15,16). The maximum absolute atomic E-state index is 11.6. The van der Waals surface area contributed by atoms with Crippen LogP contribution in [0.1, 0.15) is 32.5 Å². The van der Waals surface area contributed by atoms with Crippen LogP contribution in [0.5, 0.6) is 0 Å². The van der Waals surface area contributed by atoms with Crippen molar-refractivity contribution in [3.63, 3.8) is 0 Å². The Hall–Kier alpha value is -2.77. The van der Waals surface area contributed by atoms with Crippen LogP contribution in [0.25, 0.3) is 0 Å². The third kappa shape index (κ3) is 3.12. The van der Waals surface area contributed by atoms with Gasteiger partial charge in [-0.15, -0.1) is 5.10 Å². The molecule has 98 valence electrons. The van der Waals surface area contributed by atoms with Gasteiger partial charge >= 0.3 is 5.97 Å². The van der Waals surface area contributed by atoms with Crippen molar-refractivity contribution in [1.29, 1.82) is 0 Å². The van der Waals surface area contributed by atoms with Gasteiger partial charge in [-0.05, 0) is 18.6 Å². The molecule has 0 saturated heterocycles. The summed E-state index contributed by atoms with van der Waals surface area (Å²) in [5, 5.41) is 17.6. The summed E-state index contributed by atoms with van der Waals surface area (Å²) in [6.07, 6.45) is 1.40. The minimum atomic E-state index is -1.09. The van der Waals surface area contributed by atoms with E-state index < -0.39 is 11.9 Å². The van der Waals surface area contributed by atoms with Crippen LogP contribution in [0, 0.1) is 6.92 Å². The molecule has 0 spiro atoms. The van der Waals surface area contributed by atoms with Gasteiger partial charge in [-0.1, -0.05) is 6.07 Å². The molecule has 8 heteroatoms. The lowest BCUT2D eigenvalue weighted by Gasteiger charge is -2.02. The number of carboxylic acids is 1. The van der Waals surface area contributed by atoms with Crippen LogP contribution >= 0.6 is 0 Å². The lowest BCUT2D eigenvalue weighted by molar-refractivity contribution is 0.0690. The molecule has 0 atom stereocenters. The fraction of sp³-hybridized carbons (Fsp3) is 0.182. The van der Waals surface area contributed by atoms with Gasteiger partial charge in [0.1, 0.15) is 11.5 Å². The number of carbonyl (C=O) groups excluding carboxylic acids is 1. The number of aromatic amines is 1. The topological polar surface area (TPSA) is 121 Å². The third-order valence-corrected chi connectivity index (χ3v) is 2.30. The highest BCUT2D eigenvalue weighted by atomic mass is 16.4. The highest BCUT2D eigenvalue weighted by Gasteiger charge is 2.10. The molecule has 2 rings (SSSR count). The van der Waals surface area contributed by atoms with E-state index in [4.69, 9.17) is 5.11 Å². The van der Waals surface area contributed by atoms with E-state index in [-0.39, 0.29) is 18.1 Å². The number of pyridine rings is 1. The second-order valence-corrected chi connectivity index (χ2v) is 3.78. The molecule has 0 aliphatic rings. The summed E-state index contributed by atoms with van der Waals surface area (Å²) in [4.78, 5) is 29.9. The minimum absolute atomic E-state index is 0.0420. The van der Waals surface area contributed by atoms with Crippen LogP contribution in [0.3, 0.4) is 0 Å². The first-order valence-electron chi connectivity index (χ1n) is 5.41. The molecular weight excluding hydrogens is 250 g/mol. The minimum Gasteiger partial charge on any atom is -0.477 e. The van der Waals surface area contributed by atoms with E-state index in [1.54, 1.807) is 13.0 Å². The van der Waals surface area contributed by atoms with Crippen LogP contribution in [0.4, 0.5) is 0 Å². The van der Waals surface area contributed by atoms with E-state index in [1.165, 1.54) is 12.3 Å². The number of aromatic carboxylic acids is 1. The van der Waals surface area contributed by atoms with Crippen LogP contribution in [-0.2, 0) is 6.54 Å². The highest BCUT2D eigenvalue weighted by Crippen LogP contribution is 2.00. The number of carboxylic acid groups (broad SMARTS) is 1. The fourth-order valence-corrected chi connectivity index (χ4v) is 1.36. The Bertz CT molecular complexity index is 605. The van der Waals surface area contributed by atoms with Crippen molar-refractivity contribution in [3.05, 3.63) is 41.2 Å². The van der Waals surface area contributed by atoms with Crippen LogP contribution < -0.4 is 5.32 Å². The number of aromatic nitrogens is 4. The number of aryl methyl sites for hydroxylation is 1. The molecule has 0 unspecified atom stereocenters. The summed E-state index contributed by atoms with van der Waals surface area (Å²) in [7, 11) is 0. The molecule has 2 aromatic rings. The number of nitrogens with one attached hydrogen (secondary N) is 2. The molecule has 0 aliphatic heterocycles. The fourth-order valence-electron chi connectivity index (χ4n) is 1.36. The van der Waals surface area contributed by atoms with Gasteiger partial charge in [-0.25, -0.2) is 14.8 Å².